The highest BCUT2D eigenvalue weighted by Gasteiger charge is 2.07. The molecule has 0 atom stereocenters. The van der Waals surface area contributed by atoms with Gasteiger partial charge in [-0.05, 0) is 6.07 Å². The van der Waals surface area contributed by atoms with Crippen molar-refractivity contribution in [3.05, 3.63) is 28.7 Å². The normalized spacial score (nSPS) is 10.1. The Balaban J connectivity index is 2.38. The maximum absolute atomic E-state index is 11.6. The van der Waals surface area contributed by atoms with Crippen LogP contribution in [0.15, 0.2) is 23.1 Å². The number of amides is 2. The summed E-state index contributed by atoms with van der Waals surface area (Å²) in [6, 6.07) is 2.74. The molecule has 8 nitrogen and oxygen atoms in total. The van der Waals surface area contributed by atoms with Gasteiger partial charge in [0.25, 0.3) is 5.56 Å². The molecule has 1 aromatic heterocycles. The summed E-state index contributed by atoms with van der Waals surface area (Å²) in [5.74, 6) is -0.769. The Kier molecular flexibility index (Phi) is 6.24. The summed E-state index contributed by atoms with van der Waals surface area (Å²) in [5, 5.41) is 4.97. The van der Waals surface area contributed by atoms with Gasteiger partial charge in [0.05, 0.1) is 13.2 Å². The third kappa shape index (κ3) is 5.53. The number of nitrogens with zero attached hydrogens (tertiary/aromatic N) is 1. The lowest BCUT2D eigenvalue weighted by Gasteiger charge is -2.08. The van der Waals surface area contributed by atoms with E-state index in [4.69, 9.17) is 10.5 Å². The Bertz CT molecular complexity index is 526. The van der Waals surface area contributed by atoms with Crippen molar-refractivity contribution in [3.63, 3.8) is 0 Å². The molecular weight excluding hydrogens is 264 g/mol. The second kappa shape index (κ2) is 7.95. The van der Waals surface area contributed by atoms with Crippen LogP contribution in [0.5, 0.6) is 0 Å². The van der Waals surface area contributed by atoms with Crippen LogP contribution in [0.4, 0.5) is 5.69 Å². The number of carbonyl (C=O) groups is 2. The van der Waals surface area contributed by atoms with Crippen molar-refractivity contribution in [2.24, 2.45) is 0 Å². The van der Waals surface area contributed by atoms with Gasteiger partial charge in [-0.25, -0.2) is 0 Å². The third-order valence-electron chi connectivity index (χ3n) is 2.39. The molecule has 0 bridgehead atoms. The number of nitrogens with one attached hydrogen (secondary N) is 2. The van der Waals surface area contributed by atoms with Gasteiger partial charge in [0.15, 0.2) is 0 Å². The smallest absolute Gasteiger partial charge is 0.251 e. The topological polar surface area (TPSA) is 115 Å². The Hall–Kier alpha value is -2.35. The molecule has 1 aromatic rings. The van der Waals surface area contributed by atoms with Gasteiger partial charge >= 0.3 is 0 Å². The van der Waals surface area contributed by atoms with E-state index in [-0.39, 0.29) is 24.6 Å². The van der Waals surface area contributed by atoms with Crippen LogP contribution in [0.3, 0.4) is 0 Å². The predicted molar refractivity (Wildman–Crippen MR) is 73.0 cm³/mol. The molecule has 20 heavy (non-hydrogen) atoms. The highest BCUT2D eigenvalue weighted by molar-refractivity contribution is 5.84. The standard InChI is InChI=1S/C12H18N4O4/c1-20-5-4-14-10(17)6-15-11(18)8-16-7-9(13)2-3-12(16)19/h2-3,7H,4-6,8,13H2,1H3,(H,14,17)(H,15,18). The molecule has 0 unspecified atom stereocenters. The van der Waals surface area contributed by atoms with Crippen LogP contribution in [-0.4, -0.2) is 43.2 Å². The predicted octanol–water partition coefficient (Wildman–Crippen LogP) is -1.69. The number of carbonyl (C=O) groups excluding carboxylic acids is 2. The van der Waals surface area contributed by atoms with Crippen molar-refractivity contribution in [2.45, 2.75) is 6.54 Å². The first kappa shape index (κ1) is 15.7. The van der Waals surface area contributed by atoms with Gasteiger partial charge in [-0.15, -0.1) is 0 Å². The molecule has 0 radical (unpaired) electrons. The highest BCUT2D eigenvalue weighted by atomic mass is 16.5. The van der Waals surface area contributed by atoms with E-state index in [1.807, 2.05) is 0 Å². The van der Waals surface area contributed by atoms with Gasteiger partial charge in [0.1, 0.15) is 6.54 Å². The van der Waals surface area contributed by atoms with E-state index in [1.54, 1.807) is 0 Å². The zero-order valence-electron chi connectivity index (χ0n) is 11.2. The van der Waals surface area contributed by atoms with E-state index >= 15 is 0 Å². The van der Waals surface area contributed by atoms with Gasteiger partial charge in [-0.3, -0.25) is 14.4 Å². The van der Waals surface area contributed by atoms with Crippen molar-refractivity contribution >= 4 is 17.5 Å². The zero-order chi connectivity index (χ0) is 15.0. The first-order chi connectivity index (χ1) is 9.52. The summed E-state index contributed by atoms with van der Waals surface area (Å²) in [6.07, 6.45) is 1.38. The molecular formula is C12H18N4O4. The molecule has 1 heterocycles. The summed E-state index contributed by atoms with van der Waals surface area (Å²) in [7, 11) is 1.53. The lowest BCUT2D eigenvalue weighted by molar-refractivity contribution is -0.126. The van der Waals surface area contributed by atoms with Crippen LogP contribution in [0, 0.1) is 0 Å². The monoisotopic (exact) mass is 282 g/mol. The molecule has 0 aliphatic heterocycles. The van der Waals surface area contributed by atoms with Crippen LogP contribution >= 0.6 is 0 Å². The molecule has 0 saturated heterocycles. The first-order valence-corrected chi connectivity index (χ1v) is 6.01. The van der Waals surface area contributed by atoms with E-state index < -0.39 is 5.91 Å². The number of anilines is 1. The van der Waals surface area contributed by atoms with Crippen LogP contribution in [0.1, 0.15) is 0 Å². The summed E-state index contributed by atoms with van der Waals surface area (Å²) in [6.45, 7) is 0.438. The average molecular weight is 282 g/mol. The summed E-state index contributed by atoms with van der Waals surface area (Å²) in [4.78, 5) is 34.4. The maximum atomic E-state index is 11.6. The third-order valence-corrected chi connectivity index (χ3v) is 2.39. The Morgan fingerprint density at radius 2 is 2.05 bits per heavy atom. The largest absolute Gasteiger partial charge is 0.398 e. The number of aromatic nitrogens is 1. The molecule has 0 saturated carbocycles. The average Bonchev–Trinajstić information content (AvgIpc) is 2.41. The van der Waals surface area contributed by atoms with Crippen molar-refractivity contribution in [3.8, 4) is 0 Å². The van der Waals surface area contributed by atoms with Crippen LogP contribution < -0.4 is 21.9 Å². The summed E-state index contributed by atoms with van der Waals surface area (Å²) in [5.41, 5.74) is 5.58. The Labute approximate surface area is 115 Å². The minimum atomic E-state index is -0.445. The number of ether oxygens (including phenoxy) is 1. The number of nitrogen functional groups attached to an aromatic ring is 1. The van der Waals surface area contributed by atoms with Crippen molar-refractivity contribution < 1.29 is 14.3 Å². The quantitative estimate of drug-likeness (QED) is 0.516. The van der Waals surface area contributed by atoms with E-state index in [0.29, 0.717) is 18.8 Å². The fourth-order valence-corrected chi connectivity index (χ4v) is 1.42. The van der Waals surface area contributed by atoms with Gasteiger partial charge < -0.3 is 25.7 Å². The van der Waals surface area contributed by atoms with Gasteiger partial charge in [0, 0.05) is 31.6 Å². The van der Waals surface area contributed by atoms with E-state index in [0.717, 1.165) is 0 Å². The fraction of sp³-hybridized carbons (Fsp3) is 0.417. The number of rotatable bonds is 7. The van der Waals surface area contributed by atoms with Gasteiger partial charge in [-0.1, -0.05) is 0 Å². The van der Waals surface area contributed by atoms with Crippen molar-refractivity contribution in [2.75, 3.05) is 32.5 Å². The molecule has 1 rings (SSSR count). The van der Waals surface area contributed by atoms with Crippen molar-refractivity contribution in [1.82, 2.24) is 15.2 Å². The second-order valence-corrected chi connectivity index (χ2v) is 4.05. The number of pyridine rings is 1. The second-order valence-electron chi connectivity index (χ2n) is 4.05. The molecule has 0 spiro atoms. The molecule has 4 N–H and O–H groups in total. The lowest BCUT2D eigenvalue weighted by atomic mass is 10.4. The van der Waals surface area contributed by atoms with E-state index in [1.165, 1.54) is 30.0 Å². The highest BCUT2D eigenvalue weighted by Crippen LogP contribution is 1.95. The lowest BCUT2D eigenvalue weighted by Crippen LogP contribution is -2.40. The number of hydrogen-bond acceptors (Lipinski definition) is 5. The molecule has 110 valence electrons. The molecule has 0 aliphatic carbocycles. The van der Waals surface area contributed by atoms with Crippen LogP contribution in [0.2, 0.25) is 0 Å². The minimum Gasteiger partial charge on any atom is -0.398 e. The van der Waals surface area contributed by atoms with E-state index in [2.05, 4.69) is 10.6 Å². The fourth-order valence-electron chi connectivity index (χ4n) is 1.42. The van der Waals surface area contributed by atoms with Crippen LogP contribution in [-0.2, 0) is 20.9 Å². The molecule has 0 fully saturated rings. The number of nitrogens with two attached hydrogens (primary N) is 1. The Morgan fingerprint density at radius 1 is 1.30 bits per heavy atom. The van der Waals surface area contributed by atoms with Crippen molar-refractivity contribution in [1.29, 1.82) is 0 Å². The van der Waals surface area contributed by atoms with Gasteiger partial charge in [0.2, 0.25) is 11.8 Å². The first-order valence-electron chi connectivity index (χ1n) is 6.01. The summed E-state index contributed by atoms with van der Waals surface area (Å²) < 4.78 is 5.94. The SMILES string of the molecule is COCCNC(=O)CNC(=O)Cn1cc(N)ccc1=O. The van der Waals surface area contributed by atoms with Gasteiger partial charge in [-0.2, -0.15) is 0 Å². The maximum Gasteiger partial charge on any atom is 0.251 e. The number of hydrogen-bond donors (Lipinski definition) is 3. The molecule has 0 aliphatic rings. The van der Waals surface area contributed by atoms with E-state index in [9.17, 15) is 14.4 Å². The molecule has 2 amide bonds. The summed E-state index contributed by atoms with van der Waals surface area (Å²) >= 11 is 0. The van der Waals surface area contributed by atoms with Crippen LogP contribution in [0.25, 0.3) is 0 Å². The molecule has 0 aromatic carbocycles. The zero-order valence-corrected chi connectivity index (χ0v) is 11.2. The number of methoxy groups -OCH3 is 1. The minimum absolute atomic E-state index is 0.153. The molecule has 8 heteroatoms. The Morgan fingerprint density at radius 3 is 2.75 bits per heavy atom.